The maximum Gasteiger partial charge on any atom is 0.363 e. The molecule has 0 spiro atoms. The van der Waals surface area contributed by atoms with Crippen molar-refractivity contribution in [2.45, 2.75) is 26.4 Å². The molecule has 3 aromatic rings. The summed E-state index contributed by atoms with van der Waals surface area (Å²) in [6.07, 6.45) is 1.62. The summed E-state index contributed by atoms with van der Waals surface area (Å²) in [5.41, 5.74) is 3.80. The highest BCUT2D eigenvalue weighted by Crippen LogP contribution is 2.38. The number of rotatable bonds is 7. The molecule has 0 fully saturated rings. The number of benzene rings is 3. The van der Waals surface area contributed by atoms with E-state index >= 15 is 0 Å². The number of cyclic esters (lactones) is 1. The van der Waals surface area contributed by atoms with Crippen LogP contribution in [0.3, 0.4) is 0 Å². The fourth-order valence-electron chi connectivity index (χ4n) is 3.40. The minimum absolute atomic E-state index is 0.189. The SMILES string of the molecule is COc1cc(/C=C2\N=C(c3ccc(C(C)C)cc3)OC2=O)cc(Cl)c1OCc1ccc(I)cc1. The lowest BCUT2D eigenvalue weighted by atomic mass is 10.0. The second-order valence-electron chi connectivity index (χ2n) is 8.06. The lowest BCUT2D eigenvalue weighted by molar-refractivity contribution is -0.129. The Balaban J connectivity index is 1.56. The molecule has 0 radical (unpaired) electrons. The molecule has 0 unspecified atom stereocenters. The van der Waals surface area contributed by atoms with Gasteiger partial charge in [-0.05, 0) is 87.7 Å². The maximum absolute atomic E-state index is 12.4. The van der Waals surface area contributed by atoms with Gasteiger partial charge in [0.15, 0.2) is 17.2 Å². The number of hydrogen-bond donors (Lipinski definition) is 0. The first kappa shape index (κ1) is 24.3. The molecule has 1 heterocycles. The summed E-state index contributed by atoms with van der Waals surface area (Å²) in [7, 11) is 1.54. The van der Waals surface area contributed by atoms with Crippen LogP contribution in [0.25, 0.3) is 6.08 Å². The van der Waals surface area contributed by atoms with E-state index in [1.54, 1.807) is 25.3 Å². The zero-order valence-corrected chi connectivity index (χ0v) is 21.9. The topological polar surface area (TPSA) is 57.1 Å². The van der Waals surface area contributed by atoms with Crippen LogP contribution in [0, 0.1) is 3.57 Å². The average Bonchev–Trinajstić information content (AvgIpc) is 3.19. The number of aliphatic imine (C=N–C) groups is 1. The number of halogens is 2. The molecule has 0 saturated carbocycles. The van der Waals surface area contributed by atoms with Crippen LogP contribution in [0.4, 0.5) is 0 Å². The number of esters is 1. The molecule has 7 heteroatoms. The fourth-order valence-corrected chi connectivity index (χ4v) is 4.03. The van der Waals surface area contributed by atoms with Crippen LogP contribution in [-0.4, -0.2) is 19.0 Å². The third kappa shape index (κ3) is 5.62. The molecule has 0 saturated heterocycles. The van der Waals surface area contributed by atoms with Gasteiger partial charge < -0.3 is 14.2 Å². The Hall–Kier alpha value is -2.84. The molecular weight excluding hydrogens is 565 g/mol. The third-order valence-electron chi connectivity index (χ3n) is 5.30. The van der Waals surface area contributed by atoms with Crippen molar-refractivity contribution in [2.24, 2.45) is 4.99 Å². The molecule has 1 aliphatic rings. The number of carbonyl (C=O) groups is 1. The smallest absolute Gasteiger partial charge is 0.363 e. The van der Waals surface area contributed by atoms with Gasteiger partial charge in [0.25, 0.3) is 0 Å². The Morgan fingerprint density at radius 1 is 1.09 bits per heavy atom. The summed E-state index contributed by atoms with van der Waals surface area (Å²) in [5.74, 6) is 1.08. The zero-order valence-electron chi connectivity index (χ0n) is 19.0. The van der Waals surface area contributed by atoms with Gasteiger partial charge in [-0.3, -0.25) is 0 Å². The third-order valence-corrected chi connectivity index (χ3v) is 6.30. The molecule has 0 atom stereocenters. The Bertz CT molecular complexity index is 1270. The number of hydrogen-bond acceptors (Lipinski definition) is 5. The van der Waals surface area contributed by atoms with Crippen LogP contribution in [-0.2, 0) is 16.1 Å². The monoisotopic (exact) mass is 587 g/mol. The Morgan fingerprint density at radius 2 is 1.79 bits per heavy atom. The van der Waals surface area contributed by atoms with E-state index in [-0.39, 0.29) is 11.6 Å². The summed E-state index contributed by atoms with van der Waals surface area (Å²) < 4.78 is 18.0. The van der Waals surface area contributed by atoms with Gasteiger partial charge in [0, 0.05) is 9.13 Å². The molecule has 4 rings (SSSR count). The van der Waals surface area contributed by atoms with Crippen molar-refractivity contribution in [2.75, 3.05) is 7.11 Å². The molecule has 0 aliphatic carbocycles. The van der Waals surface area contributed by atoms with Gasteiger partial charge in [-0.1, -0.05) is 49.7 Å². The highest BCUT2D eigenvalue weighted by atomic mass is 127. The van der Waals surface area contributed by atoms with E-state index < -0.39 is 5.97 Å². The standard InChI is InChI=1S/C27H23ClINO4/c1-16(2)19-6-8-20(9-7-19)26-30-23(27(31)34-26)13-18-12-22(28)25(24(14-18)32-3)33-15-17-4-10-21(29)11-5-17/h4-14,16H,15H2,1-3H3/b23-13-. The molecule has 0 amide bonds. The van der Waals surface area contributed by atoms with Gasteiger partial charge in [0.2, 0.25) is 5.90 Å². The van der Waals surface area contributed by atoms with E-state index in [0.717, 1.165) is 14.7 Å². The van der Waals surface area contributed by atoms with Crippen LogP contribution >= 0.6 is 34.2 Å². The van der Waals surface area contributed by atoms with Gasteiger partial charge in [-0.2, -0.15) is 0 Å². The molecule has 0 bridgehead atoms. The lowest BCUT2D eigenvalue weighted by Gasteiger charge is -2.13. The van der Waals surface area contributed by atoms with E-state index in [1.165, 1.54) is 5.56 Å². The first-order valence-electron chi connectivity index (χ1n) is 10.7. The van der Waals surface area contributed by atoms with Crippen LogP contribution in [0.5, 0.6) is 11.5 Å². The molecule has 3 aromatic carbocycles. The fraction of sp³-hybridized carbons (Fsp3) is 0.185. The minimum Gasteiger partial charge on any atom is -0.493 e. The van der Waals surface area contributed by atoms with Crippen molar-refractivity contribution < 1.29 is 19.0 Å². The first-order valence-corrected chi connectivity index (χ1v) is 12.2. The molecule has 0 aromatic heterocycles. The number of nitrogens with zero attached hydrogens (tertiary/aromatic N) is 1. The predicted molar refractivity (Wildman–Crippen MR) is 143 cm³/mol. The van der Waals surface area contributed by atoms with E-state index in [1.807, 2.05) is 48.5 Å². The first-order chi connectivity index (χ1) is 16.3. The minimum atomic E-state index is -0.517. The summed E-state index contributed by atoms with van der Waals surface area (Å²) in [6.45, 7) is 4.60. The van der Waals surface area contributed by atoms with Crippen molar-refractivity contribution in [3.05, 3.63) is 97.2 Å². The van der Waals surface area contributed by atoms with Gasteiger partial charge in [0.1, 0.15) is 6.61 Å². The maximum atomic E-state index is 12.4. The Labute approximate surface area is 217 Å². The van der Waals surface area contributed by atoms with Crippen LogP contribution < -0.4 is 9.47 Å². The Kier molecular flexibility index (Phi) is 7.58. The average molecular weight is 588 g/mol. The normalized spacial score (nSPS) is 14.4. The van der Waals surface area contributed by atoms with Gasteiger partial charge in [-0.25, -0.2) is 9.79 Å². The summed E-state index contributed by atoms with van der Waals surface area (Å²) >= 11 is 8.76. The predicted octanol–water partition coefficient (Wildman–Crippen LogP) is 7.00. The van der Waals surface area contributed by atoms with Gasteiger partial charge in [-0.15, -0.1) is 0 Å². The second-order valence-corrected chi connectivity index (χ2v) is 9.71. The van der Waals surface area contributed by atoms with Gasteiger partial charge in [0.05, 0.1) is 12.1 Å². The highest BCUT2D eigenvalue weighted by Gasteiger charge is 2.24. The van der Waals surface area contributed by atoms with Crippen molar-refractivity contribution in [3.63, 3.8) is 0 Å². The van der Waals surface area contributed by atoms with Crippen molar-refractivity contribution >= 4 is 52.1 Å². The number of methoxy groups -OCH3 is 1. The van der Waals surface area contributed by atoms with Gasteiger partial charge >= 0.3 is 5.97 Å². The van der Waals surface area contributed by atoms with E-state index in [0.29, 0.717) is 34.6 Å². The van der Waals surface area contributed by atoms with Crippen LogP contribution in [0.1, 0.15) is 42.0 Å². The van der Waals surface area contributed by atoms with Crippen molar-refractivity contribution in [1.29, 1.82) is 0 Å². The molecule has 5 nitrogen and oxygen atoms in total. The van der Waals surface area contributed by atoms with Crippen LogP contribution in [0.15, 0.2) is 71.4 Å². The van der Waals surface area contributed by atoms with E-state index in [4.69, 9.17) is 25.8 Å². The molecular formula is C27H23ClINO4. The highest BCUT2D eigenvalue weighted by molar-refractivity contribution is 14.1. The molecule has 34 heavy (non-hydrogen) atoms. The number of carbonyl (C=O) groups excluding carboxylic acids is 1. The van der Waals surface area contributed by atoms with E-state index in [9.17, 15) is 4.79 Å². The largest absolute Gasteiger partial charge is 0.493 e. The summed E-state index contributed by atoms with van der Waals surface area (Å²) in [4.78, 5) is 16.8. The van der Waals surface area contributed by atoms with Crippen molar-refractivity contribution in [1.82, 2.24) is 0 Å². The quantitative estimate of drug-likeness (QED) is 0.170. The second kappa shape index (κ2) is 10.6. The zero-order chi connectivity index (χ0) is 24.2. The summed E-state index contributed by atoms with van der Waals surface area (Å²) in [5, 5.41) is 0.372. The van der Waals surface area contributed by atoms with Crippen molar-refractivity contribution in [3.8, 4) is 11.5 Å². The Morgan fingerprint density at radius 3 is 2.44 bits per heavy atom. The number of ether oxygens (including phenoxy) is 3. The molecule has 0 N–H and O–H groups in total. The molecule has 1 aliphatic heterocycles. The lowest BCUT2D eigenvalue weighted by Crippen LogP contribution is -2.05. The van der Waals surface area contributed by atoms with E-state index in [2.05, 4.69) is 41.4 Å². The molecule has 174 valence electrons. The van der Waals surface area contributed by atoms with Crippen LogP contribution in [0.2, 0.25) is 5.02 Å². The summed E-state index contributed by atoms with van der Waals surface area (Å²) in [6, 6.07) is 19.3.